The van der Waals surface area contributed by atoms with Crippen molar-refractivity contribution < 1.29 is 0 Å². The molecule has 0 unspecified atom stereocenters. The third kappa shape index (κ3) is 1.82. The van der Waals surface area contributed by atoms with Crippen LogP contribution < -0.4 is 16.4 Å². The molecule has 74 valence electrons. The second kappa shape index (κ2) is 4.28. The van der Waals surface area contributed by atoms with E-state index in [0.717, 1.165) is 0 Å². The molecular weight excluding hydrogens is 180 g/mol. The van der Waals surface area contributed by atoms with Crippen molar-refractivity contribution in [2.24, 2.45) is 0 Å². The predicted molar refractivity (Wildman–Crippen MR) is 54.9 cm³/mol. The highest BCUT2D eigenvalue weighted by Crippen LogP contribution is 2.22. The van der Waals surface area contributed by atoms with Crippen LogP contribution in [0.2, 0.25) is 0 Å². The van der Waals surface area contributed by atoms with E-state index in [0.29, 0.717) is 23.9 Å². The molecule has 0 aliphatic heterocycles. The van der Waals surface area contributed by atoms with Gasteiger partial charge in [-0.25, -0.2) is 0 Å². The fraction of sp³-hybridized carbons (Fsp3) is 0.375. The first-order valence-electron chi connectivity index (χ1n) is 4.22. The second-order valence-corrected chi connectivity index (χ2v) is 2.55. The van der Waals surface area contributed by atoms with Gasteiger partial charge in [-0.2, -0.15) is 15.2 Å². The minimum atomic E-state index is 0.0968. The largest absolute Gasteiger partial charge is 0.393 e. The average molecular weight is 192 g/mol. The van der Waals surface area contributed by atoms with Gasteiger partial charge in [0.1, 0.15) is 11.8 Å². The molecule has 0 saturated heterocycles. The average Bonchev–Trinajstić information content (AvgIpc) is 2.21. The minimum absolute atomic E-state index is 0.0968. The van der Waals surface area contributed by atoms with Crippen LogP contribution in [0.15, 0.2) is 0 Å². The van der Waals surface area contributed by atoms with Gasteiger partial charge in [-0.05, 0) is 6.92 Å². The monoisotopic (exact) mass is 192 g/mol. The van der Waals surface area contributed by atoms with Gasteiger partial charge in [-0.1, -0.05) is 0 Å². The van der Waals surface area contributed by atoms with Crippen LogP contribution in [-0.2, 0) is 0 Å². The summed E-state index contributed by atoms with van der Waals surface area (Å²) in [5.41, 5.74) is 6.17. The summed E-state index contributed by atoms with van der Waals surface area (Å²) in [5, 5.41) is 14.4. The topological polar surface area (TPSA) is 99.6 Å². The van der Waals surface area contributed by atoms with Gasteiger partial charge in [0.25, 0.3) is 0 Å². The molecule has 1 aromatic heterocycles. The molecule has 0 atom stereocenters. The Morgan fingerprint density at radius 2 is 2.07 bits per heavy atom. The van der Waals surface area contributed by atoms with E-state index in [-0.39, 0.29) is 5.82 Å². The highest BCUT2D eigenvalue weighted by atomic mass is 15.1. The highest BCUT2D eigenvalue weighted by molar-refractivity contribution is 5.74. The predicted octanol–water partition coefficient (Wildman–Crippen LogP) is 0.404. The van der Waals surface area contributed by atoms with Crippen LogP contribution in [0.4, 0.5) is 17.3 Å². The first-order valence-corrected chi connectivity index (χ1v) is 4.22. The number of hydrogen-bond acceptors (Lipinski definition) is 6. The molecule has 1 heterocycles. The van der Waals surface area contributed by atoms with Gasteiger partial charge in [0.05, 0.1) is 0 Å². The number of aromatic nitrogens is 2. The van der Waals surface area contributed by atoms with Crippen LogP contribution in [0.5, 0.6) is 0 Å². The molecule has 0 amide bonds. The van der Waals surface area contributed by atoms with Crippen LogP contribution in [0, 0.1) is 11.3 Å². The summed E-state index contributed by atoms with van der Waals surface area (Å²) in [5.74, 6) is 1.05. The third-order valence-electron chi connectivity index (χ3n) is 1.63. The Morgan fingerprint density at radius 3 is 2.57 bits per heavy atom. The number of anilines is 3. The summed E-state index contributed by atoms with van der Waals surface area (Å²) in [6.07, 6.45) is 0. The van der Waals surface area contributed by atoms with Crippen molar-refractivity contribution in [2.75, 3.05) is 30.0 Å². The Kier molecular flexibility index (Phi) is 3.07. The van der Waals surface area contributed by atoms with E-state index in [9.17, 15) is 0 Å². The summed E-state index contributed by atoms with van der Waals surface area (Å²) in [6, 6.07) is 1.87. The van der Waals surface area contributed by atoms with Crippen molar-refractivity contribution in [3.05, 3.63) is 5.82 Å². The Hall–Kier alpha value is -2.03. The lowest BCUT2D eigenvalue weighted by atomic mass is 10.4. The Balaban J connectivity index is 3.21. The van der Waals surface area contributed by atoms with Crippen LogP contribution in [0.25, 0.3) is 0 Å². The highest BCUT2D eigenvalue weighted by Gasteiger charge is 2.09. The number of rotatable bonds is 3. The van der Waals surface area contributed by atoms with E-state index in [2.05, 4.69) is 20.6 Å². The van der Waals surface area contributed by atoms with Crippen LogP contribution >= 0.6 is 0 Å². The Morgan fingerprint density at radius 1 is 1.43 bits per heavy atom. The molecule has 6 nitrogen and oxygen atoms in total. The SMILES string of the molecule is CCNc1nc(C#N)nc(NC)c1N. The van der Waals surface area contributed by atoms with Gasteiger partial charge in [0.2, 0.25) is 5.82 Å². The first-order chi connectivity index (χ1) is 6.72. The molecule has 6 heteroatoms. The van der Waals surface area contributed by atoms with Crippen LogP contribution in [0.1, 0.15) is 12.7 Å². The lowest BCUT2D eigenvalue weighted by Crippen LogP contribution is -2.09. The maximum atomic E-state index is 8.67. The molecule has 0 aromatic carbocycles. The van der Waals surface area contributed by atoms with Gasteiger partial charge in [0.15, 0.2) is 11.6 Å². The number of nitriles is 1. The molecule has 0 spiro atoms. The molecule has 1 aromatic rings. The summed E-state index contributed by atoms with van der Waals surface area (Å²) in [6.45, 7) is 2.61. The zero-order valence-corrected chi connectivity index (χ0v) is 8.13. The standard InChI is InChI=1S/C8H12N6/c1-3-12-8-6(10)7(11-2)13-5(4-9)14-8/h3,10H2,1-2H3,(H2,11,12,13,14). The van der Waals surface area contributed by atoms with Crippen LogP contribution in [0.3, 0.4) is 0 Å². The fourth-order valence-electron chi connectivity index (χ4n) is 1.01. The Labute approximate surface area is 82.2 Å². The first kappa shape index (κ1) is 10.1. The molecular formula is C8H12N6. The number of nitrogen functional groups attached to an aromatic ring is 1. The van der Waals surface area contributed by atoms with Crippen molar-refractivity contribution in [1.29, 1.82) is 5.26 Å². The van der Waals surface area contributed by atoms with Gasteiger partial charge >= 0.3 is 0 Å². The number of nitrogens with zero attached hydrogens (tertiary/aromatic N) is 3. The maximum absolute atomic E-state index is 8.67. The zero-order chi connectivity index (χ0) is 10.6. The molecule has 0 radical (unpaired) electrons. The molecule has 0 fully saturated rings. The summed E-state index contributed by atoms with van der Waals surface area (Å²) in [7, 11) is 1.69. The molecule has 0 saturated carbocycles. The summed E-state index contributed by atoms with van der Waals surface area (Å²) in [4.78, 5) is 7.84. The van der Waals surface area contributed by atoms with Gasteiger partial charge in [-0.15, -0.1) is 0 Å². The fourth-order valence-corrected chi connectivity index (χ4v) is 1.01. The number of hydrogen-bond donors (Lipinski definition) is 3. The molecule has 1 rings (SSSR count). The zero-order valence-electron chi connectivity index (χ0n) is 8.13. The van der Waals surface area contributed by atoms with E-state index in [1.165, 1.54) is 0 Å². The van der Waals surface area contributed by atoms with Crippen molar-refractivity contribution in [1.82, 2.24) is 9.97 Å². The minimum Gasteiger partial charge on any atom is -0.393 e. The normalized spacial score (nSPS) is 9.21. The molecule has 14 heavy (non-hydrogen) atoms. The summed E-state index contributed by atoms with van der Waals surface area (Å²) < 4.78 is 0. The van der Waals surface area contributed by atoms with Gasteiger partial charge in [0, 0.05) is 13.6 Å². The van der Waals surface area contributed by atoms with Crippen LogP contribution in [-0.4, -0.2) is 23.6 Å². The Bertz CT molecular complexity index is 367. The van der Waals surface area contributed by atoms with Crippen molar-refractivity contribution in [3.63, 3.8) is 0 Å². The smallest absolute Gasteiger partial charge is 0.236 e. The van der Waals surface area contributed by atoms with Crippen molar-refractivity contribution in [3.8, 4) is 6.07 Å². The van der Waals surface area contributed by atoms with E-state index in [1.54, 1.807) is 7.05 Å². The van der Waals surface area contributed by atoms with E-state index in [4.69, 9.17) is 11.0 Å². The van der Waals surface area contributed by atoms with E-state index in [1.807, 2.05) is 13.0 Å². The lowest BCUT2D eigenvalue weighted by Gasteiger charge is -2.09. The van der Waals surface area contributed by atoms with Crippen molar-refractivity contribution >= 4 is 17.3 Å². The second-order valence-electron chi connectivity index (χ2n) is 2.55. The molecule has 0 aliphatic rings. The number of nitrogens with two attached hydrogens (primary N) is 1. The van der Waals surface area contributed by atoms with E-state index >= 15 is 0 Å². The van der Waals surface area contributed by atoms with Gasteiger partial charge in [-0.3, -0.25) is 0 Å². The third-order valence-corrected chi connectivity index (χ3v) is 1.63. The number of nitrogens with one attached hydrogen (secondary N) is 2. The van der Waals surface area contributed by atoms with Crippen molar-refractivity contribution in [2.45, 2.75) is 6.92 Å². The molecule has 0 bridgehead atoms. The molecule has 4 N–H and O–H groups in total. The lowest BCUT2D eigenvalue weighted by molar-refractivity contribution is 1.08. The maximum Gasteiger partial charge on any atom is 0.236 e. The quantitative estimate of drug-likeness (QED) is 0.641. The molecule has 0 aliphatic carbocycles. The van der Waals surface area contributed by atoms with E-state index < -0.39 is 0 Å². The summed E-state index contributed by atoms with van der Waals surface area (Å²) >= 11 is 0. The van der Waals surface area contributed by atoms with Gasteiger partial charge < -0.3 is 16.4 Å².